The second kappa shape index (κ2) is 8.16. The van der Waals surface area contributed by atoms with Crippen LogP contribution in [0.3, 0.4) is 0 Å². The molecule has 1 atom stereocenters. The van der Waals surface area contributed by atoms with Crippen LogP contribution in [0.1, 0.15) is 32.8 Å². The minimum Gasteiger partial charge on any atom is -0.377 e. The van der Waals surface area contributed by atoms with Crippen LogP contribution in [0.15, 0.2) is 22.7 Å². The van der Waals surface area contributed by atoms with Crippen LogP contribution in [0, 0.1) is 5.92 Å². The molecule has 0 bridgehead atoms. The molecule has 1 fully saturated rings. The molecular weight excluding hydrogens is 328 g/mol. The van der Waals surface area contributed by atoms with Crippen molar-refractivity contribution < 1.29 is 4.74 Å². The molecule has 1 aliphatic heterocycles. The minimum atomic E-state index is 0.294. The average molecular weight is 355 g/mol. The van der Waals surface area contributed by atoms with E-state index in [4.69, 9.17) is 4.74 Å². The number of ether oxygens (including phenoxy) is 1. The van der Waals surface area contributed by atoms with Gasteiger partial charge in [0.2, 0.25) is 0 Å². The Kier molecular flexibility index (Phi) is 6.52. The largest absolute Gasteiger partial charge is 0.377 e. The number of benzene rings is 1. The van der Waals surface area contributed by atoms with E-state index in [9.17, 15) is 0 Å². The van der Waals surface area contributed by atoms with E-state index < -0.39 is 0 Å². The van der Waals surface area contributed by atoms with Crippen LogP contribution in [0.2, 0.25) is 0 Å². The summed E-state index contributed by atoms with van der Waals surface area (Å²) in [7, 11) is 0. The Hall–Kier alpha value is -0.580. The number of nitrogens with zero attached hydrogens (tertiary/aromatic N) is 1. The van der Waals surface area contributed by atoms with Crippen LogP contribution in [-0.2, 0) is 11.3 Å². The maximum absolute atomic E-state index is 5.77. The number of hydrogen-bond donors (Lipinski definition) is 1. The zero-order chi connectivity index (χ0) is 15.2. The molecule has 0 aliphatic carbocycles. The highest BCUT2D eigenvalue weighted by atomic mass is 79.9. The smallest absolute Gasteiger partial charge is 0.0721 e. The second-order valence-electron chi connectivity index (χ2n) is 6.28. The summed E-state index contributed by atoms with van der Waals surface area (Å²) in [5.74, 6) is 0.676. The summed E-state index contributed by atoms with van der Waals surface area (Å²) >= 11 is 3.61. The Morgan fingerprint density at radius 1 is 1.43 bits per heavy atom. The summed E-state index contributed by atoms with van der Waals surface area (Å²) in [6, 6.07) is 6.60. The quantitative estimate of drug-likeness (QED) is 0.869. The third-order valence-electron chi connectivity index (χ3n) is 3.71. The summed E-state index contributed by atoms with van der Waals surface area (Å²) in [6.07, 6.45) is 1.39. The van der Waals surface area contributed by atoms with Gasteiger partial charge in [0.05, 0.1) is 6.10 Å². The third-order valence-corrected chi connectivity index (χ3v) is 4.20. The lowest BCUT2D eigenvalue weighted by molar-refractivity contribution is 0.0821. The first kappa shape index (κ1) is 16.8. The Bertz CT molecular complexity index is 450. The molecule has 118 valence electrons. The molecule has 0 spiro atoms. The predicted molar refractivity (Wildman–Crippen MR) is 92.9 cm³/mol. The van der Waals surface area contributed by atoms with E-state index in [1.807, 2.05) is 0 Å². The normalized spacial score (nSPS) is 19.9. The van der Waals surface area contributed by atoms with Gasteiger partial charge < -0.3 is 15.0 Å². The number of nitrogens with one attached hydrogen (secondary N) is 1. The van der Waals surface area contributed by atoms with Crippen LogP contribution in [-0.4, -0.2) is 32.3 Å². The standard InChI is InChI=1S/C17H27BrN2O/c1-13(2)10-19-11-15-5-6-16(18)9-17(15)20-7-4-8-21-14(3)12-20/h5-6,9,13-14,19H,4,7-8,10-12H2,1-3H3. The van der Waals surface area contributed by atoms with Crippen LogP contribution in [0.5, 0.6) is 0 Å². The minimum absolute atomic E-state index is 0.294. The molecular formula is C17H27BrN2O. The van der Waals surface area contributed by atoms with Gasteiger partial charge in [-0.15, -0.1) is 0 Å². The van der Waals surface area contributed by atoms with E-state index in [0.717, 1.165) is 43.7 Å². The van der Waals surface area contributed by atoms with E-state index in [1.54, 1.807) is 0 Å². The van der Waals surface area contributed by atoms with Gasteiger partial charge in [0.25, 0.3) is 0 Å². The van der Waals surface area contributed by atoms with Gasteiger partial charge >= 0.3 is 0 Å². The molecule has 1 N–H and O–H groups in total. The highest BCUT2D eigenvalue weighted by molar-refractivity contribution is 9.10. The molecule has 1 saturated heterocycles. The highest BCUT2D eigenvalue weighted by Crippen LogP contribution is 2.27. The van der Waals surface area contributed by atoms with Gasteiger partial charge in [0, 0.05) is 36.4 Å². The molecule has 1 unspecified atom stereocenters. The van der Waals surface area contributed by atoms with Gasteiger partial charge in [-0.1, -0.05) is 35.8 Å². The summed E-state index contributed by atoms with van der Waals surface area (Å²) in [6.45, 7) is 11.5. The molecule has 2 rings (SSSR count). The van der Waals surface area contributed by atoms with Crippen molar-refractivity contribution in [2.45, 2.75) is 39.8 Å². The molecule has 1 aromatic carbocycles. The molecule has 3 nitrogen and oxygen atoms in total. The van der Waals surface area contributed by atoms with Gasteiger partial charge in [0.15, 0.2) is 0 Å². The lowest BCUT2D eigenvalue weighted by Crippen LogP contribution is -2.31. The van der Waals surface area contributed by atoms with Crippen molar-refractivity contribution in [2.24, 2.45) is 5.92 Å². The van der Waals surface area contributed by atoms with Crippen molar-refractivity contribution in [3.8, 4) is 0 Å². The fourth-order valence-corrected chi connectivity index (χ4v) is 3.04. The predicted octanol–water partition coefficient (Wildman–Crippen LogP) is 3.81. The Labute approximate surface area is 137 Å². The van der Waals surface area contributed by atoms with Crippen molar-refractivity contribution >= 4 is 21.6 Å². The molecule has 0 saturated carbocycles. The van der Waals surface area contributed by atoms with Crippen molar-refractivity contribution in [3.05, 3.63) is 28.2 Å². The lowest BCUT2D eigenvalue weighted by Gasteiger charge is -2.27. The number of rotatable bonds is 5. The van der Waals surface area contributed by atoms with Gasteiger partial charge in [-0.05, 0) is 43.5 Å². The molecule has 1 aromatic rings. The molecule has 1 heterocycles. The van der Waals surface area contributed by atoms with Crippen molar-refractivity contribution in [2.75, 3.05) is 31.1 Å². The number of halogens is 1. The van der Waals surface area contributed by atoms with Crippen molar-refractivity contribution in [1.82, 2.24) is 5.32 Å². The molecule has 0 radical (unpaired) electrons. The first-order chi connectivity index (χ1) is 10.1. The molecule has 0 amide bonds. The topological polar surface area (TPSA) is 24.5 Å². The Morgan fingerprint density at radius 2 is 2.24 bits per heavy atom. The molecule has 4 heteroatoms. The summed E-state index contributed by atoms with van der Waals surface area (Å²) < 4.78 is 6.91. The molecule has 21 heavy (non-hydrogen) atoms. The fraction of sp³-hybridized carbons (Fsp3) is 0.647. The lowest BCUT2D eigenvalue weighted by atomic mass is 10.1. The summed E-state index contributed by atoms with van der Waals surface area (Å²) in [5.41, 5.74) is 2.70. The Balaban J connectivity index is 2.13. The van der Waals surface area contributed by atoms with E-state index in [-0.39, 0.29) is 0 Å². The summed E-state index contributed by atoms with van der Waals surface area (Å²) in [4.78, 5) is 2.47. The maximum Gasteiger partial charge on any atom is 0.0721 e. The van der Waals surface area contributed by atoms with Crippen LogP contribution < -0.4 is 10.2 Å². The highest BCUT2D eigenvalue weighted by Gasteiger charge is 2.18. The van der Waals surface area contributed by atoms with Crippen LogP contribution in [0.25, 0.3) is 0 Å². The van der Waals surface area contributed by atoms with Gasteiger partial charge in [0.1, 0.15) is 0 Å². The van der Waals surface area contributed by atoms with Crippen LogP contribution in [0.4, 0.5) is 5.69 Å². The maximum atomic E-state index is 5.77. The molecule has 1 aliphatic rings. The van der Waals surface area contributed by atoms with Crippen molar-refractivity contribution in [3.63, 3.8) is 0 Å². The third kappa shape index (κ3) is 5.28. The molecule has 0 aromatic heterocycles. The van der Waals surface area contributed by atoms with Gasteiger partial charge in [-0.25, -0.2) is 0 Å². The zero-order valence-electron chi connectivity index (χ0n) is 13.4. The van der Waals surface area contributed by atoms with E-state index in [0.29, 0.717) is 12.0 Å². The SMILES string of the molecule is CC(C)CNCc1ccc(Br)cc1N1CCCOC(C)C1. The Morgan fingerprint density at radius 3 is 3.00 bits per heavy atom. The van der Waals surface area contributed by atoms with E-state index >= 15 is 0 Å². The zero-order valence-corrected chi connectivity index (χ0v) is 14.9. The van der Waals surface area contributed by atoms with Gasteiger partial charge in [-0.3, -0.25) is 0 Å². The fourth-order valence-electron chi connectivity index (χ4n) is 2.69. The van der Waals surface area contributed by atoms with Crippen LogP contribution >= 0.6 is 15.9 Å². The van der Waals surface area contributed by atoms with Crippen molar-refractivity contribution in [1.29, 1.82) is 0 Å². The van der Waals surface area contributed by atoms with E-state index in [2.05, 4.69) is 65.1 Å². The van der Waals surface area contributed by atoms with E-state index in [1.165, 1.54) is 11.3 Å². The second-order valence-corrected chi connectivity index (χ2v) is 7.19. The summed E-state index contributed by atoms with van der Waals surface area (Å²) in [5, 5.41) is 3.55. The number of hydrogen-bond acceptors (Lipinski definition) is 3. The van der Waals surface area contributed by atoms with Gasteiger partial charge in [-0.2, -0.15) is 0 Å². The first-order valence-corrected chi connectivity index (χ1v) is 8.71. The monoisotopic (exact) mass is 354 g/mol. The average Bonchev–Trinajstić information content (AvgIpc) is 2.64. The number of anilines is 1. The first-order valence-electron chi connectivity index (χ1n) is 7.92.